The maximum Gasteiger partial charge on any atom is 0.118 e. The van der Waals surface area contributed by atoms with Crippen LogP contribution in [0, 0.1) is 0 Å². The average Bonchev–Trinajstić information content (AvgIpc) is 2.47. The Morgan fingerprint density at radius 2 is 1.78 bits per heavy atom. The molecule has 0 fully saturated rings. The van der Waals surface area contributed by atoms with E-state index in [0.717, 1.165) is 30.0 Å². The first-order chi connectivity index (χ1) is 8.88. The minimum absolute atomic E-state index is 0.873. The molecule has 0 atom stereocenters. The number of hydrogen-bond acceptors (Lipinski definition) is 2. The summed E-state index contributed by atoms with van der Waals surface area (Å²) in [7, 11) is 1.68. The van der Waals surface area contributed by atoms with Crippen molar-refractivity contribution in [3.8, 4) is 5.75 Å². The highest BCUT2D eigenvalue weighted by Gasteiger charge is 2.14. The first kappa shape index (κ1) is 11.0. The van der Waals surface area contributed by atoms with Crippen LogP contribution in [0.25, 0.3) is 0 Å². The van der Waals surface area contributed by atoms with Gasteiger partial charge < -0.3 is 4.74 Å². The fourth-order valence-corrected chi connectivity index (χ4v) is 2.34. The summed E-state index contributed by atoms with van der Waals surface area (Å²) >= 11 is 0. The minimum atomic E-state index is 0.873. The molecule has 0 radical (unpaired) electrons. The van der Waals surface area contributed by atoms with Crippen LogP contribution in [0.1, 0.15) is 16.7 Å². The van der Waals surface area contributed by atoms with E-state index in [1.54, 1.807) is 7.11 Å². The third-order valence-corrected chi connectivity index (χ3v) is 3.29. The molecule has 2 aromatic rings. The summed E-state index contributed by atoms with van der Waals surface area (Å²) in [6.07, 6.45) is 1.04. The van der Waals surface area contributed by atoms with Crippen molar-refractivity contribution in [2.75, 3.05) is 13.7 Å². The molecule has 2 aromatic carbocycles. The number of methoxy groups -OCH3 is 1. The van der Waals surface area contributed by atoms with Gasteiger partial charge in [-0.3, -0.25) is 4.99 Å². The van der Waals surface area contributed by atoms with Gasteiger partial charge in [0.15, 0.2) is 0 Å². The monoisotopic (exact) mass is 237 g/mol. The third-order valence-electron chi connectivity index (χ3n) is 3.29. The van der Waals surface area contributed by atoms with Gasteiger partial charge in [0.05, 0.1) is 12.8 Å². The maximum absolute atomic E-state index is 5.19. The van der Waals surface area contributed by atoms with Crippen molar-refractivity contribution < 1.29 is 4.74 Å². The molecule has 2 nitrogen and oxygen atoms in total. The molecule has 0 bridgehead atoms. The molecule has 1 heterocycles. The van der Waals surface area contributed by atoms with Gasteiger partial charge in [0, 0.05) is 17.7 Å². The molecule has 0 spiro atoms. The summed E-state index contributed by atoms with van der Waals surface area (Å²) in [5.41, 5.74) is 4.90. The zero-order valence-electron chi connectivity index (χ0n) is 10.4. The van der Waals surface area contributed by atoms with Crippen LogP contribution in [0.5, 0.6) is 5.75 Å². The van der Waals surface area contributed by atoms with Gasteiger partial charge in [-0.25, -0.2) is 0 Å². The Balaban J connectivity index is 2.03. The summed E-state index contributed by atoms with van der Waals surface area (Å²) in [5, 5.41) is 0. The third kappa shape index (κ3) is 1.90. The largest absolute Gasteiger partial charge is 0.497 e. The molecular formula is C16H15NO. The van der Waals surface area contributed by atoms with E-state index >= 15 is 0 Å². The molecule has 90 valence electrons. The molecular weight excluding hydrogens is 222 g/mol. The summed E-state index contributed by atoms with van der Waals surface area (Å²) in [6.45, 7) is 0.873. The zero-order chi connectivity index (χ0) is 12.4. The average molecular weight is 237 g/mol. The van der Waals surface area contributed by atoms with E-state index in [1.165, 1.54) is 11.1 Å². The fourth-order valence-electron chi connectivity index (χ4n) is 2.34. The van der Waals surface area contributed by atoms with Gasteiger partial charge >= 0.3 is 0 Å². The smallest absolute Gasteiger partial charge is 0.118 e. The number of nitrogens with zero attached hydrogens (tertiary/aromatic N) is 1. The van der Waals surface area contributed by atoms with Gasteiger partial charge in [-0.2, -0.15) is 0 Å². The highest BCUT2D eigenvalue weighted by molar-refractivity contribution is 6.14. The van der Waals surface area contributed by atoms with Gasteiger partial charge in [0.25, 0.3) is 0 Å². The summed E-state index contributed by atoms with van der Waals surface area (Å²) in [4.78, 5) is 4.67. The minimum Gasteiger partial charge on any atom is -0.497 e. The van der Waals surface area contributed by atoms with Crippen molar-refractivity contribution in [2.24, 2.45) is 4.99 Å². The molecule has 2 heteroatoms. The highest BCUT2D eigenvalue weighted by atomic mass is 16.5. The maximum atomic E-state index is 5.19. The van der Waals surface area contributed by atoms with Gasteiger partial charge in [-0.15, -0.1) is 0 Å². The van der Waals surface area contributed by atoms with E-state index in [-0.39, 0.29) is 0 Å². The second kappa shape index (κ2) is 4.65. The van der Waals surface area contributed by atoms with Crippen LogP contribution in [0.4, 0.5) is 0 Å². The predicted octanol–water partition coefficient (Wildman–Crippen LogP) is 3.09. The number of benzene rings is 2. The first-order valence-electron chi connectivity index (χ1n) is 6.15. The van der Waals surface area contributed by atoms with E-state index in [9.17, 15) is 0 Å². The number of rotatable bonds is 2. The topological polar surface area (TPSA) is 21.6 Å². The van der Waals surface area contributed by atoms with Crippen molar-refractivity contribution in [3.63, 3.8) is 0 Å². The van der Waals surface area contributed by atoms with Crippen molar-refractivity contribution in [1.82, 2.24) is 0 Å². The fraction of sp³-hybridized carbons (Fsp3) is 0.188. The predicted molar refractivity (Wildman–Crippen MR) is 73.6 cm³/mol. The second-order valence-electron chi connectivity index (χ2n) is 4.37. The van der Waals surface area contributed by atoms with Crippen LogP contribution in [0.2, 0.25) is 0 Å². The van der Waals surface area contributed by atoms with Crippen molar-refractivity contribution >= 4 is 5.71 Å². The van der Waals surface area contributed by atoms with Gasteiger partial charge in [-0.05, 0) is 36.2 Å². The molecule has 0 N–H and O–H groups in total. The Hall–Kier alpha value is -2.09. The quantitative estimate of drug-likeness (QED) is 0.786. The van der Waals surface area contributed by atoms with E-state index < -0.39 is 0 Å². The van der Waals surface area contributed by atoms with Crippen LogP contribution in [0.15, 0.2) is 53.5 Å². The lowest BCUT2D eigenvalue weighted by atomic mass is 9.93. The molecule has 0 unspecified atom stereocenters. The van der Waals surface area contributed by atoms with Crippen LogP contribution >= 0.6 is 0 Å². The molecule has 1 aliphatic heterocycles. The van der Waals surface area contributed by atoms with Gasteiger partial charge in [-0.1, -0.05) is 24.3 Å². The Morgan fingerprint density at radius 1 is 1.00 bits per heavy atom. The summed E-state index contributed by atoms with van der Waals surface area (Å²) in [6, 6.07) is 16.6. The molecule has 1 aliphatic rings. The van der Waals surface area contributed by atoms with E-state index in [4.69, 9.17) is 4.74 Å². The molecule has 0 saturated heterocycles. The van der Waals surface area contributed by atoms with Crippen LogP contribution in [0.3, 0.4) is 0 Å². The standard InChI is InChI=1S/C16H15NO/c1-18-14-8-6-13(7-9-14)16-15-5-3-2-4-12(15)10-11-17-16/h2-9H,10-11H2,1H3. The molecule has 3 rings (SSSR count). The van der Waals surface area contributed by atoms with E-state index in [2.05, 4.69) is 41.4 Å². The molecule has 0 saturated carbocycles. The van der Waals surface area contributed by atoms with E-state index in [1.807, 2.05) is 12.1 Å². The van der Waals surface area contributed by atoms with Gasteiger partial charge in [0.2, 0.25) is 0 Å². The Morgan fingerprint density at radius 3 is 2.56 bits per heavy atom. The normalized spacial score (nSPS) is 13.7. The number of aliphatic imine (C=N–C) groups is 1. The zero-order valence-corrected chi connectivity index (χ0v) is 10.4. The molecule has 0 aromatic heterocycles. The molecule has 0 amide bonds. The number of ether oxygens (including phenoxy) is 1. The Labute approximate surface area is 107 Å². The highest BCUT2D eigenvalue weighted by Crippen LogP contribution is 2.21. The van der Waals surface area contributed by atoms with Crippen LogP contribution < -0.4 is 4.74 Å². The lowest BCUT2D eigenvalue weighted by Crippen LogP contribution is -2.13. The summed E-state index contributed by atoms with van der Waals surface area (Å²) < 4.78 is 5.19. The lowest BCUT2D eigenvalue weighted by molar-refractivity contribution is 0.415. The Bertz CT molecular complexity index is 584. The van der Waals surface area contributed by atoms with Crippen molar-refractivity contribution in [3.05, 3.63) is 65.2 Å². The number of hydrogen-bond donors (Lipinski definition) is 0. The van der Waals surface area contributed by atoms with E-state index in [0.29, 0.717) is 0 Å². The van der Waals surface area contributed by atoms with Crippen LogP contribution in [-0.2, 0) is 6.42 Å². The van der Waals surface area contributed by atoms with Crippen LogP contribution in [-0.4, -0.2) is 19.4 Å². The summed E-state index contributed by atoms with van der Waals surface area (Å²) in [5.74, 6) is 0.878. The van der Waals surface area contributed by atoms with Crippen molar-refractivity contribution in [2.45, 2.75) is 6.42 Å². The second-order valence-corrected chi connectivity index (χ2v) is 4.37. The SMILES string of the molecule is COc1ccc(C2=NCCc3ccccc32)cc1. The molecule has 18 heavy (non-hydrogen) atoms. The lowest BCUT2D eigenvalue weighted by Gasteiger charge is -2.17. The molecule has 0 aliphatic carbocycles. The van der Waals surface area contributed by atoms with Crippen molar-refractivity contribution in [1.29, 1.82) is 0 Å². The Kier molecular flexibility index (Phi) is 2.85. The number of fused-ring (bicyclic) bond motifs is 1. The first-order valence-corrected chi connectivity index (χ1v) is 6.15. The van der Waals surface area contributed by atoms with Gasteiger partial charge in [0.1, 0.15) is 5.75 Å².